The summed E-state index contributed by atoms with van der Waals surface area (Å²) in [6, 6.07) is 16.2. The van der Waals surface area contributed by atoms with Crippen LogP contribution in [-0.2, 0) is 0 Å². The third-order valence-corrected chi connectivity index (χ3v) is 5.43. The average molecular weight is 449 g/mol. The van der Waals surface area contributed by atoms with Crippen LogP contribution in [0.1, 0.15) is 0 Å². The SMILES string of the molecule is Nc1c2c(-c3ccc(Cl)cc3)c3c(=O)[nH]c(=O)[nH]c3nc2nc(=S)n1-c1ccccc1. The predicted octanol–water partition coefficient (Wildman–Crippen LogP) is 3.58. The van der Waals surface area contributed by atoms with Crippen molar-refractivity contribution >= 4 is 51.7 Å². The maximum atomic E-state index is 12.8. The van der Waals surface area contributed by atoms with Gasteiger partial charge < -0.3 is 5.73 Å². The van der Waals surface area contributed by atoms with Crippen LogP contribution in [0.5, 0.6) is 0 Å². The number of halogens is 1. The van der Waals surface area contributed by atoms with Crippen molar-refractivity contribution in [2.45, 2.75) is 0 Å². The summed E-state index contributed by atoms with van der Waals surface area (Å²) in [5.74, 6) is 0.270. The molecule has 0 aliphatic rings. The number of hydrogen-bond acceptors (Lipinski definition) is 6. The van der Waals surface area contributed by atoms with E-state index in [0.717, 1.165) is 5.69 Å². The number of rotatable bonds is 2. The molecular formula is C21H13ClN6O2S. The Morgan fingerprint density at radius 3 is 2.35 bits per heavy atom. The van der Waals surface area contributed by atoms with Gasteiger partial charge in [0.05, 0.1) is 10.8 Å². The zero-order chi connectivity index (χ0) is 21.7. The number of aromatic amines is 2. The summed E-state index contributed by atoms with van der Waals surface area (Å²) < 4.78 is 1.81. The quantitative estimate of drug-likeness (QED) is 0.280. The number of nitrogens with two attached hydrogens (primary N) is 1. The first-order chi connectivity index (χ1) is 14.9. The van der Waals surface area contributed by atoms with Gasteiger partial charge in [0.25, 0.3) is 5.56 Å². The Hall–Kier alpha value is -3.82. The summed E-state index contributed by atoms with van der Waals surface area (Å²) in [6.07, 6.45) is 0. The zero-order valence-corrected chi connectivity index (χ0v) is 17.3. The number of nitrogens with zero attached hydrogens (tertiary/aromatic N) is 3. The molecule has 0 spiro atoms. The molecule has 0 unspecified atom stereocenters. The van der Waals surface area contributed by atoms with E-state index in [9.17, 15) is 9.59 Å². The zero-order valence-electron chi connectivity index (χ0n) is 15.7. The topological polar surface area (TPSA) is 122 Å². The first-order valence-corrected chi connectivity index (χ1v) is 9.92. The Morgan fingerprint density at radius 1 is 0.935 bits per heavy atom. The van der Waals surface area contributed by atoms with Gasteiger partial charge in [-0.3, -0.25) is 19.3 Å². The summed E-state index contributed by atoms with van der Waals surface area (Å²) in [6.45, 7) is 0. The molecule has 0 amide bonds. The fourth-order valence-corrected chi connectivity index (χ4v) is 4.02. The number of nitrogens with one attached hydrogen (secondary N) is 2. The van der Waals surface area contributed by atoms with Crippen LogP contribution in [-0.4, -0.2) is 24.5 Å². The van der Waals surface area contributed by atoms with Crippen molar-refractivity contribution in [2.75, 3.05) is 5.73 Å². The highest BCUT2D eigenvalue weighted by molar-refractivity contribution is 7.71. The Labute approximate surface area is 184 Å². The van der Waals surface area contributed by atoms with Gasteiger partial charge in [0.1, 0.15) is 11.5 Å². The van der Waals surface area contributed by atoms with Crippen molar-refractivity contribution in [3.05, 3.63) is 85.2 Å². The highest BCUT2D eigenvalue weighted by Gasteiger charge is 2.20. The first kappa shape index (κ1) is 19.2. The molecule has 5 rings (SSSR count). The normalized spacial score (nSPS) is 11.3. The summed E-state index contributed by atoms with van der Waals surface area (Å²) in [4.78, 5) is 38.3. The number of anilines is 1. The second-order valence-electron chi connectivity index (χ2n) is 6.77. The van der Waals surface area contributed by atoms with Gasteiger partial charge >= 0.3 is 5.69 Å². The van der Waals surface area contributed by atoms with E-state index < -0.39 is 11.2 Å². The molecule has 0 fully saturated rings. The van der Waals surface area contributed by atoms with Crippen molar-refractivity contribution in [1.82, 2.24) is 24.5 Å². The summed E-state index contributed by atoms with van der Waals surface area (Å²) in [5.41, 5.74) is 7.48. The van der Waals surface area contributed by atoms with Gasteiger partial charge in [-0.1, -0.05) is 41.9 Å². The maximum absolute atomic E-state index is 12.8. The molecule has 0 aliphatic carbocycles. The van der Waals surface area contributed by atoms with Crippen LogP contribution < -0.4 is 17.0 Å². The molecule has 0 saturated carbocycles. The molecule has 0 saturated heterocycles. The number of nitrogen functional groups attached to an aromatic ring is 1. The summed E-state index contributed by atoms with van der Waals surface area (Å²) in [7, 11) is 0. The Morgan fingerprint density at radius 2 is 1.65 bits per heavy atom. The van der Waals surface area contributed by atoms with E-state index in [4.69, 9.17) is 29.6 Å². The number of benzene rings is 2. The van der Waals surface area contributed by atoms with Gasteiger partial charge in [-0.05, 0) is 42.0 Å². The number of H-pyrrole nitrogens is 2. The molecule has 2 aromatic carbocycles. The predicted molar refractivity (Wildman–Crippen MR) is 123 cm³/mol. The summed E-state index contributed by atoms with van der Waals surface area (Å²) >= 11 is 11.5. The Kier molecular flexibility index (Phi) is 4.42. The highest BCUT2D eigenvalue weighted by Crippen LogP contribution is 2.36. The molecule has 3 heterocycles. The van der Waals surface area contributed by atoms with Gasteiger partial charge in [0.2, 0.25) is 4.77 Å². The standard InChI is InChI=1S/C21H13ClN6O2S/c22-11-8-6-10(7-9-11)13-14-16(23)28(12-4-2-1-3-5-12)21(31)26-17(14)24-18-15(13)19(29)27-20(30)25-18/h1-9H,23H2,(H2,24,25,26,27,29,30,31). The minimum Gasteiger partial charge on any atom is -0.384 e. The van der Waals surface area contributed by atoms with E-state index in [-0.39, 0.29) is 27.3 Å². The lowest BCUT2D eigenvalue weighted by Gasteiger charge is -2.16. The number of hydrogen-bond donors (Lipinski definition) is 3. The number of fused-ring (bicyclic) bond motifs is 2. The number of para-hydroxylation sites is 1. The number of pyridine rings is 1. The third kappa shape index (κ3) is 3.11. The molecule has 10 heteroatoms. The van der Waals surface area contributed by atoms with E-state index in [1.54, 1.807) is 28.8 Å². The van der Waals surface area contributed by atoms with Crippen LogP contribution in [0.15, 0.2) is 64.2 Å². The summed E-state index contributed by atoms with van der Waals surface area (Å²) in [5, 5.41) is 1.15. The van der Waals surface area contributed by atoms with Crippen molar-refractivity contribution in [3.8, 4) is 16.8 Å². The maximum Gasteiger partial charge on any atom is 0.327 e. The lowest BCUT2D eigenvalue weighted by molar-refractivity contribution is 0.985. The van der Waals surface area contributed by atoms with Crippen LogP contribution in [0.3, 0.4) is 0 Å². The van der Waals surface area contributed by atoms with Gasteiger partial charge in [-0.2, -0.15) is 4.98 Å². The van der Waals surface area contributed by atoms with E-state index in [1.165, 1.54) is 0 Å². The lowest BCUT2D eigenvalue weighted by Crippen LogP contribution is -2.23. The lowest BCUT2D eigenvalue weighted by atomic mass is 9.99. The second-order valence-corrected chi connectivity index (χ2v) is 7.58. The number of aromatic nitrogens is 5. The van der Waals surface area contributed by atoms with Gasteiger partial charge in [-0.25, -0.2) is 9.78 Å². The molecule has 3 aromatic heterocycles. The van der Waals surface area contributed by atoms with Crippen molar-refractivity contribution < 1.29 is 0 Å². The molecule has 4 N–H and O–H groups in total. The van der Waals surface area contributed by atoms with E-state index in [1.807, 2.05) is 30.3 Å². The fourth-order valence-electron chi connectivity index (χ4n) is 3.60. The van der Waals surface area contributed by atoms with E-state index in [0.29, 0.717) is 21.5 Å². The highest BCUT2D eigenvalue weighted by atomic mass is 35.5. The van der Waals surface area contributed by atoms with Gasteiger partial charge in [-0.15, -0.1) is 0 Å². The monoisotopic (exact) mass is 448 g/mol. The van der Waals surface area contributed by atoms with Crippen molar-refractivity contribution in [3.63, 3.8) is 0 Å². The molecule has 0 radical (unpaired) electrons. The smallest absolute Gasteiger partial charge is 0.327 e. The molecule has 31 heavy (non-hydrogen) atoms. The Balaban J connectivity index is 2.05. The fraction of sp³-hybridized carbons (Fsp3) is 0. The average Bonchev–Trinajstić information content (AvgIpc) is 2.73. The molecule has 0 atom stereocenters. The largest absolute Gasteiger partial charge is 0.384 e. The molecule has 0 bridgehead atoms. The molecule has 152 valence electrons. The van der Waals surface area contributed by atoms with Crippen LogP contribution in [0.2, 0.25) is 5.02 Å². The van der Waals surface area contributed by atoms with E-state index >= 15 is 0 Å². The third-order valence-electron chi connectivity index (χ3n) is 4.90. The van der Waals surface area contributed by atoms with E-state index in [2.05, 4.69) is 19.9 Å². The second kappa shape index (κ2) is 7.15. The van der Waals surface area contributed by atoms with Crippen LogP contribution in [0, 0.1) is 4.77 Å². The molecule has 0 aliphatic heterocycles. The van der Waals surface area contributed by atoms with Crippen molar-refractivity contribution in [1.29, 1.82) is 0 Å². The van der Waals surface area contributed by atoms with Gasteiger partial charge in [0.15, 0.2) is 5.65 Å². The first-order valence-electron chi connectivity index (χ1n) is 9.14. The van der Waals surface area contributed by atoms with Crippen molar-refractivity contribution in [2.24, 2.45) is 0 Å². The van der Waals surface area contributed by atoms with Crippen LogP contribution >= 0.6 is 23.8 Å². The van der Waals surface area contributed by atoms with Gasteiger partial charge in [0, 0.05) is 16.3 Å². The molecular weight excluding hydrogens is 436 g/mol. The molecule has 8 nitrogen and oxygen atoms in total. The van der Waals surface area contributed by atoms with Crippen LogP contribution in [0.25, 0.3) is 38.9 Å². The molecule has 5 aromatic rings. The minimum atomic E-state index is -0.673. The minimum absolute atomic E-state index is 0.0879. The Bertz CT molecular complexity index is 1660. The van der Waals surface area contributed by atoms with Crippen LogP contribution in [0.4, 0.5) is 5.82 Å².